The summed E-state index contributed by atoms with van der Waals surface area (Å²) in [7, 11) is 0. The largest absolute Gasteiger partial charge is 0.381 e. The minimum Gasteiger partial charge on any atom is -0.381 e. The molecule has 0 bridgehead atoms. The molecule has 0 amide bonds. The molecule has 2 aliphatic heterocycles. The second kappa shape index (κ2) is 6.63. The number of nitrogens with one attached hydrogen (secondary N) is 1. The third kappa shape index (κ3) is 2.63. The van der Waals surface area contributed by atoms with Gasteiger partial charge in [0.05, 0.1) is 11.0 Å². The van der Waals surface area contributed by atoms with E-state index < -0.39 is 0 Å². The number of fused-ring (bicyclic) bond motifs is 2. The van der Waals surface area contributed by atoms with Crippen LogP contribution in [-0.2, 0) is 4.74 Å². The Labute approximate surface area is 170 Å². The summed E-state index contributed by atoms with van der Waals surface area (Å²) in [6.45, 7) is 2.98. The molecular weight excluding hydrogens is 389 g/mol. The van der Waals surface area contributed by atoms with E-state index in [2.05, 4.69) is 14.9 Å². The molecule has 0 aliphatic carbocycles. The number of benzene rings is 1. The number of anilines is 1. The molecule has 9 nitrogen and oxygen atoms in total. The molecule has 1 N–H and O–H groups in total. The Balaban J connectivity index is 1.60. The Morgan fingerprint density at radius 1 is 1.17 bits per heavy atom. The Morgan fingerprint density at radius 3 is 2.77 bits per heavy atom. The summed E-state index contributed by atoms with van der Waals surface area (Å²) < 4.78 is 22.8. The molecule has 0 radical (unpaired) electrons. The number of aromatic amines is 1. The van der Waals surface area contributed by atoms with E-state index in [1.165, 1.54) is 12.1 Å². The third-order valence-corrected chi connectivity index (χ3v) is 5.97. The highest BCUT2D eigenvalue weighted by Gasteiger charge is 2.27. The van der Waals surface area contributed by atoms with E-state index in [4.69, 9.17) is 14.7 Å². The van der Waals surface area contributed by atoms with Crippen LogP contribution in [0.4, 0.5) is 10.2 Å². The van der Waals surface area contributed by atoms with Gasteiger partial charge in [0.15, 0.2) is 11.5 Å². The Kier molecular flexibility index (Phi) is 3.88. The zero-order valence-corrected chi connectivity index (χ0v) is 16.2. The van der Waals surface area contributed by atoms with Crippen molar-refractivity contribution in [1.82, 2.24) is 29.1 Å². The second-order valence-electron chi connectivity index (χ2n) is 7.78. The molecule has 0 unspecified atom stereocenters. The molecular formula is C20H20FN7O2. The van der Waals surface area contributed by atoms with Gasteiger partial charge in [-0.2, -0.15) is 9.97 Å². The molecule has 5 heterocycles. The van der Waals surface area contributed by atoms with Gasteiger partial charge in [0.1, 0.15) is 17.7 Å². The maximum atomic E-state index is 13.9. The highest BCUT2D eigenvalue weighted by atomic mass is 19.1. The molecule has 4 aromatic rings. The van der Waals surface area contributed by atoms with Crippen molar-refractivity contribution in [3.63, 3.8) is 0 Å². The molecule has 30 heavy (non-hydrogen) atoms. The first-order valence-corrected chi connectivity index (χ1v) is 10.2. The fourth-order valence-electron chi connectivity index (χ4n) is 4.26. The molecule has 0 saturated carbocycles. The maximum absolute atomic E-state index is 13.9. The van der Waals surface area contributed by atoms with Crippen LogP contribution in [-0.4, -0.2) is 55.4 Å². The van der Waals surface area contributed by atoms with E-state index in [9.17, 15) is 9.18 Å². The van der Waals surface area contributed by atoms with Crippen LogP contribution in [0.1, 0.15) is 25.3 Å². The average molecular weight is 409 g/mol. The Morgan fingerprint density at radius 2 is 2.00 bits per heavy atom. The van der Waals surface area contributed by atoms with Crippen LogP contribution >= 0.6 is 0 Å². The van der Waals surface area contributed by atoms with Gasteiger partial charge in [0.2, 0.25) is 5.95 Å². The topological polar surface area (TPSA) is 93.9 Å². The number of aromatic nitrogens is 6. The lowest BCUT2D eigenvalue weighted by atomic mass is 10.1. The van der Waals surface area contributed by atoms with Crippen LogP contribution in [0.15, 0.2) is 29.3 Å². The zero-order valence-electron chi connectivity index (χ0n) is 16.2. The van der Waals surface area contributed by atoms with Crippen LogP contribution in [0.5, 0.6) is 0 Å². The van der Waals surface area contributed by atoms with Crippen molar-refractivity contribution in [3.05, 3.63) is 40.8 Å². The average Bonchev–Trinajstić information content (AvgIpc) is 3.27. The smallest absolute Gasteiger partial charge is 0.328 e. The molecule has 10 heteroatoms. The molecule has 154 valence electrons. The summed E-state index contributed by atoms with van der Waals surface area (Å²) in [6.07, 6.45) is 4.18. The molecule has 2 aliphatic rings. The van der Waals surface area contributed by atoms with Gasteiger partial charge >= 0.3 is 5.69 Å². The molecule has 0 spiro atoms. The fourth-order valence-corrected chi connectivity index (χ4v) is 4.26. The van der Waals surface area contributed by atoms with E-state index in [-0.39, 0.29) is 17.5 Å². The number of hydrogen-bond acceptors (Lipinski definition) is 6. The van der Waals surface area contributed by atoms with Gasteiger partial charge in [-0.05, 0) is 31.4 Å². The van der Waals surface area contributed by atoms with E-state index in [0.717, 1.165) is 32.4 Å². The number of hydrogen-bond donors (Lipinski definition) is 1. The van der Waals surface area contributed by atoms with Gasteiger partial charge in [-0.25, -0.2) is 14.2 Å². The first kappa shape index (κ1) is 17.6. The van der Waals surface area contributed by atoms with Crippen molar-refractivity contribution in [3.8, 4) is 5.95 Å². The van der Waals surface area contributed by atoms with E-state index in [0.29, 0.717) is 47.2 Å². The molecule has 1 aromatic carbocycles. The van der Waals surface area contributed by atoms with Crippen molar-refractivity contribution < 1.29 is 9.13 Å². The van der Waals surface area contributed by atoms with Crippen LogP contribution in [0.25, 0.3) is 28.1 Å². The Bertz CT molecular complexity index is 1310. The van der Waals surface area contributed by atoms with Crippen molar-refractivity contribution in [2.75, 3.05) is 31.2 Å². The molecule has 6 rings (SSSR count). The minimum atomic E-state index is -0.353. The number of imidazole rings is 2. The van der Waals surface area contributed by atoms with Crippen LogP contribution in [0.2, 0.25) is 0 Å². The first-order chi connectivity index (χ1) is 14.7. The molecule has 2 fully saturated rings. The van der Waals surface area contributed by atoms with Gasteiger partial charge in [0, 0.05) is 38.4 Å². The summed E-state index contributed by atoms with van der Waals surface area (Å²) in [5.74, 6) is 0.716. The predicted molar refractivity (Wildman–Crippen MR) is 109 cm³/mol. The quantitative estimate of drug-likeness (QED) is 0.557. The highest BCUT2D eigenvalue weighted by Crippen LogP contribution is 2.30. The van der Waals surface area contributed by atoms with Gasteiger partial charge in [0.25, 0.3) is 0 Å². The Hall–Kier alpha value is -3.27. The van der Waals surface area contributed by atoms with Gasteiger partial charge in [-0.3, -0.25) is 9.13 Å². The van der Waals surface area contributed by atoms with E-state index in [1.54, 1.807) is 21.5 Å². The standard InChI is InChI=1S/C20H20FN7O2/c21-12-2-3-14-15(10-12)27(11-22-14)19-24-17(26-6-1-7-26)16-18(25-19)28(20(29)23-16)13-4-8-30-9-5-13/h2-3,10-11,13H,1,4-9H2,(H,23,29). The SMILES string of the molecule is O=c1[nH]c2c(N3CCC3)nc(-n3cnc4ccc(F)cc43)nc2n1C1CCOCC1. The number of rotatable bonds is 3. The first-order valence-electron chi connectivity index (χ1n) is 10.2. The lowest BCUT2D eigenvalue weighted by molar-refractivity contribution is 0.0697. The fraction of sp³-hybridized carbons (Fsp3) is 0.400. The van der Waals surface area contributed by atoms with Crippen LogP contribution in [0, 0.1) is 5.82 Å². The normalized spacial score (nSPS) is 17.7. The van der Waals surface area contributed by atoms with Crippen LogP contribution < -0.4 is 10.6 Å². The van der Waals surface area contributed by atoms with Gasteiger partial charge in [-0.1, -0.05) is 0 Å². The lowest BCUT2D eigenvalue weighted by Gasteiger charge is -2.32. The summed E-state index contributed by atoms with van der Waals surface area (Å²) in [4.78, 5) is 31.8. The van der Waals surface area contributed by atoms with Crippen molar-refractivity contribution in [2.24, 2.45) is 0 Å². The van der Waals surface area contributed by atoms with E-state index in [1.807, 2.05) is 0 Å². The molecule has 0 atom stereocenters. The van der Waals surface area contributed by atoms with Crippen LogP contribution in [0.3, 0.4) is 0 Å². The monoisotopic (exact) mass is 409 g/mol. The minimum absolute atomic E-state index is 0.0176. The number of nitrogens with zero attached hydrogens (tertiary/aromatic N) is 6. The van der Waals surface area contributed by atoms with Crippen molar-refractivity contribution >= 4 is 28.0 Å². The second-order valence-corrected chi connectivity index (χ2v) is 7.78. The summed E-state index contributed by atoms with van der Waals surface area (Å²) >= 11 is 0. The summed E-state index contributed by atoms with van der Waals surface area (Å²) in [5, 5.41) is 0. The van der Waals surface area contributed by atoms with Crippen molar-refractivity contribution in [1.29, 1.82) is 0 Å². The number of halogens is 1. The molecule has 3 aromatic heterocycles. The van der Waals surface area contributed by atoms with Gasteiger partial charge in [-0.15, -0.1) is 0 Å². The zero-order chi connectivity index (χ0) is 20.2. The highest BCUT2D eigenvalue weighted by molar-refractivity contribution is 5.85. The lowest BCUT2D eigenvalue weighted by Crippen LogP contribution is -2.38. The van der Waals surface area contributed by atoms with E-state index >= 15 is 0 Å². The third-order valence-electron chi connectivity index (χ3n) is 5.97. The molecule has 2 saturated heterocycles. The summed E-state index contributed by atoms with van der Waals surface area (Å²) in [5.41, 5.74) is 2.26. The predicted octanol–water partition coefficient (Wildman–Crippen LogP) is 2.16. The van der Waals surface area contributed by atoms with Gasteiger partial charge < -0.3 is 14.6 Å². The van der Waals surface area contributed by atoms with Crippen molar-refractivity contribution in [2.45, 2.75) is 25.3 Å². The maximum Gasteiger partial charge on any atom is 0.328 e. The number of H-pyrrole nitrogens is 1. The summed E-state index contributed by atoms with van der Waals surface area (Å²) in [6, 6.07) is 4.44. The number of ether oxygens (including phenoxy) is 1.